The van der Waals surface area contributed by atoms with Gasteiger partial charge < -0.3 is 0 Å². The number of pyridine rings is 1. The summed E-state index contributed by atoms with van der Waals surface area (Å²) in [5, 5.41) is 13.4. The Kier molecular flexibility index (Phi) is 5.41. The average molecular weight is 487 g/mol. The normalized spacial score (nSPS) is 16.2. The molecule has 9 nitrogen and oxygen atoms in total. The summed E-state index contributed by atoms with van der Waals surface area (Å²) in [6, 6.07) is 1.36. The lowest BCUT2D eigenvalue weighted by atomic mass is 10.0. The van der Waals surface area contributed by atoms with Crippen molar-refractivity contribution in [2.75, 3.05) is 11.4 Å². The van der Waals surface area contributed by atoms with Crippen LogP contribution in [-0.2, 0) is 13.6 Å². The summed E-state index contributed by atoms with van der Waals surface area (Å²) < 4.78 is 45.1. The second-order valence-electron chi connectivity index (χ2n) is 8.77. The molecule has 0 N–H and O–H groups in total. The average Bonchev–Trinajstić information content (AvgIpc) is 3.50. The Morgan fingerprint density at radius 2 is 2.00 bits per heavy atom. The summed E-state index contributed by atoms with van der Waals surface area (Å²) in [7, 11) is 1.82. The molecular formula is C23H25F3N8O. The lowest BCUT2D eigenvalue weighted by molar-refractivity contribution is -0.172. The molecule has 35 heavy (non-hydrogen) atoms. The highest BCUT2D eigenvalue weighted by molar-refractivity contribution is 6.14. The molecule has 184 valence electrons. The van der Waals surface area contributed by atoms with Crippen molar-refractivity contribution in [2.45, 2.75) is 52.4 Å². The molecule has 0 saturated heterocycles. The number of rotatable bonds is 4. The second-order valence-corrected chi connectivity index (χ2v) is 8.77. The molecule has 0 saturated carbocycles. The van der Waals surface area contributed by atoms with Crippen molar-refractivity contribution < 1.29 is 18.0 Å². The maximum Gasteiger partial charge on any atom is 0.410 e. The minimum Gasteiger partial charge on any atom is -0.293 e. The first kappa shape index (κ1) is 23.1. The van der Waals surface area contributed by atoms with E-state index in [1.54, 1.807) is 21.6 Å². The largest absolute Gasteiger partial charge is 0.410 e. The number of halogens is 3. The van der Waals surface area contributed by atoms with Crippen LogP contribution in [0.2, 0.25) is 0 Å². The van der Waals surface area contributed by atoms with E-state index in [2.05, 4.69) is 15.3 Å². The first-order valence-corrected chi connectivity index (χ1v) is 11.4. The van der Waals surface area contributed by atoms with E-state index < -0.39 is 18.1 Å². The van der Waals surface area contributed by atoms with Crippen molar-refractivity contribution in [1.82, 2.24) is 34.3 Å². The van der Waals surface area contributed by atoms with Gasteiger partial charge in [-0.2, -0.15) is 28.5 Å². The van der Waals surface area contributed by atoms with Gasteiger partial charge in [0.15, 0.2) is 11.7 Å². The summed E-state index contributed by atoms with van der Waals surface area (Å²) in [6.45, 7) is 6.27. The predicted octanol–water partition coefficient (Wildman–Crippen LogP) is 4.21. The highest BCUT2D eigenvalue weighted by atomic mass is 19.4. The summed E-state index contributed by atoms with van der Waals surface area (Å²) in [5.74, 6) is -0.298. The number of fused-ring (bicyclic) bond motifs is 2. The van der Waals surface area contributed by atoms with Crippen LogP contribution in [0.15, 0.2) is 24.5 Å². The number of hydrogen-bond donors (Lipinski definition) is 0. The first-order valence-electron chi connectivity index (χ1n) is 11.4. The zero-order valence-electron chi connectivity index (χ0n) is 19.8. The smallest absolute Gasteiger partial charge is 0.293 e. The third-order valence-corrected chi connectivity index (χ3v) is 6.52. The molecule has 0 aromatic carbocycles. The fourth-order valence-corrected chi connectivity index (χ4v) is 4.68. The van der Waals surface area contributed by atoms with Crippen LogP contribution in [0.4, 0.5) is 19.0 Å². The molecule has 0 bridgehead atoms. The molecule has 0 radical (unpaired) electrons. The Morgan fingerprint density at radius 3 is 2.66 bits per heavy atom. The molecule has 1 aliphatic heterocycles. The van der Waals surface area contributed by atoms with E-state index in [0.717, 1.165) is 22.4 Å². The number of amides is 1. The van der Waals surface area contributed by atoms with Crippen LogP contribution in [0.25, 0.3) is 22.3 Å². The SMILES string of the molecule is CCCn1nc(C)c2c(C(=O)N3CC[C@H](C(F)(F)F)n4nccc43)cc(-c3cnn(C)c3C)nc21. The molecule has 1 amide bonds. The van der Waals surface area contributed by atoms with E-state index in [4.69, 9.17) is 4.98 Å². The molecule has 1 aliphatic rings. The zero-order valence-corrected chi connectivity index (χ0v) is 19.8. The topological polar surface area (TPSA) is 86.7 Å². The number of hydrogen-bond acceptors (Lipinski definition) is 5. The third kappa shape index (κ3) is 3.67. The van der Waals surface area contributed by atoms with Gasteiger partial charge in [-0.05, 0) is 32.8 Å². The van der Waals surface area contributed by atoms with Gasteiger partial charge in [-0.3, -0.25) is 14.4 Å². The predicted molar refractivity (Wildman–Crippen MR) is 123 cm³/mol. The summed E-state index contributed by atoms with van der Waals surface area (Å²) >= 11 is 0. The summed E-state index contributed by atoms with van der Waals surface area (Å²) in [6.07, 6.45) is -0.934. The zero-order chi connectivity index (χ0) is 25.1. The van der Waals surface area contributed by atoms with Gasteiger partial charge in [0.25, 0.3) is 5.91 Å². The fraction of sp³-hybridized carbons (Fsp3) is 0.435. The third-order valence-electron chi connectivity index (χ3n) is 6.52. The number of nitrogens with zero attached hydrogens (tertiary/aromatic N) is 8. The number of alkyl halides is 3. The Morgan fingerprint density at radius 1 is 1.23 bits per heavy atom. The number of carbonyl (C=O) groups is 1. The minimum atomic E-state index is -4.46. The standard InChI is InChI=1S/C23H25F3N8O/c1-5-9-33-21-20(13(2)30-33)15(11-17(29-21)16-12-28-31(4)14(16)3)22(35)32-10-7-18(23(24,25)26)34-19(32)6-8-27-34/h6,8,11-12,18H,5,7,9-10H2,1-4H3/t18-/m1/s1. The van der Waals surface area contributed by atoms with Crippen molar-refractivity contribution >= 4 is 22.8 Å². The highest BCUT2D eigenvalue weighted by Gasteiger charge is 2.46. The van der Waals surface area contributed by atoms with Crippen LogP contribution in [0.1, 0.15) is 47.6 Å². The van der Waals surface area contributed by atoms with Crippen molar-refractivity contribution in [3.8, 4) is 11.3 Å². The van der Waals surface area contributed by atoms with Crippen molar-refractivity contribution in [3.05, 3.63) is 41.5 Å². The molecule has 4 aromatic rings. The second kappa shape index (κ2) is 8.21. The summed E-state index contributed by atoms with van der Waals surface area (Å²) in [5.41, 5.74) is 3.74. The Balaban J connectivity index is 1.68. The molecule has 1 atom stereocenters. The quantitative estimate of drug-likeness (QED) is 0.431. The van der Waals surface area contributed by atoms with Crippen molar-refractivity contribution in [3.63, 3.8) is 0 Å². The maximum atomic E-state index is 13.9. The molecule has 0 spiro atoms. The molecule has 5 rings (SSSR count). The minimum absolute atomic E-state index is 0.0814. The van der Waals surface area contributed by atoms with Crippen molar-refractivity contribution in [1.29, 1.82) is 0 Å². The van der Waals surface area contributed by atoms with Gasteiger partial charge in [0, 0.05) is 37.5 Å². The Labute approximate surface area is 199 Å². The number of anilines is 1. The van der Waals surface area contributed by atoms with Crippen molar-refractivity contribution in [2.24, 2.45) is 7.05 Å². The van der Waals surface area contributed by atoms with Crippen LogP contribution in [-0.4, -0.2) is 53.0 Å². The van der Waals surface area contributed by atoms with Crippen LogP contribution in [0.3, 0.4) is 0 Å². The first-order chi connectivity index (χ1) is 16.6. The fourth-order valence-electron chi connectivity index (χ4n) is 4.68. The lowest BCUT2D eigenvalue weighted by Crippen LogP contribution is -2.43. The molecule has 0 aliphatic carbocycles. The lowest BCUT2D eigenvalue weighted by Gasteiger charge is -2.34. The van der Waals surface area contributed by atoms with Crippen LogP contribution in [0, 0.1) is 13.8 Å². The molecule has 0 fully saturated rings. The monoisotopic (exact) mass is 486 g/mol. The number of aromatic nitrogens is 7. The van der Waals surface area contributed by atoms with Gasteiger partial charge >= 0.3 is 6.18 Å². The summed E-state index contributed by atoms with van der Waals surface area (Å²) in [4.78, 5) is 20.1. The molecule has 5 heterocycles. The van der Waals surface area contributed by atoms with Gasteiger partial charge in [-0.1, -0.05) is 6.92 Å². The van der Waals surface area contributed by atoms with Gasteiger partial charge in [0.2, 0.25) is 0 Å². The van der Waals surface area contributed by atoms with E-state index in [0.29, 0.717) is 34.5 Å². The van der Waals surface area contributed by atoms with Crippen LogP contribution >= 0.6 is 0 Å². The van der Waals surface area contributed by atoms with Crippen LogP contribution < -0.4 is 4.90 Å². The Bertz CT molecular complexity index is 1430. The van der Waals surface area contributed by atoms with E-state index >= 15 is 0 Å². The van der Waals surface area contributed by atoms with Gasteiger partial charge in [0.05, 0.1) is 34.7 Å². The van der Waals surface area contributed by atoms with Crippen LogP contribution in [0.5, 0.6) is 0 Å². The maximum absolute atomic E-state index is 13.9. The van der Waals surface area contributed by atoms with E-state index in [-0.39, 0.29) is 18.8 Å². The van der Waals surface area contributed by atoms with Gasteiger partial charge in [-0.25, -0.2) is 14.3 Å². The van der Waals surface area contributed by atoms with Gasteiger partial charge in [0.1, 0.15) is 5.82 Å². The van der Waals surface area contributed by atoms with E-state index in [1.807, 2.05) is 27.8 Å². The molecule has 0 unspecified atom stereocenters. The highest BCUT2D eigenvalue weighted by Crippen LogP contribution is 2.40. The number of carbonyl (C=O) groups excluding carboxylic acids is 1. The van der Waals surface area contributed by atoms with E-state index in [9.17, 15) is 18.0 Å². The molecular weight excluding hydrogens is 461 g/mol. The van der Waals surface area contributed by atoms with Gasteiger partial charge in [-0.15, -0.1) is 0 Å². The molecule has 12 heteroatoms. The Hall–Kier alpha value is -3.70. The van der Waals surface area contributed by atoms with E-state index in [1.165, 1.54) is 17.2 Å². The number of aryl methyl sites for hydroxylation is 3. The molecule has 4 aromatic heterocycles.